The van der Waals surface area contributed by atoms with Gasteiger partial charge in [-0.1, -0.05) is 166 Å². The van der Waals surface area contributed by atoms with Crippen LogP contribution in [0, 0.1) is 0 Å². The first-order chi connectivity index (χ1) is 24.0. The van der Waals surface area contributed by atoms with Crippen LogP contribution in [0.15, 0.2) is 36.5 Å². The van der Waals surface area contributed by atoms with Gasteiger partial charge in [-0.15, -0.1) is 0 Å². The van der Waals surface area contributed by atoms with Crippen molar-refractivity contribution in [3.8, 4) is 0 Å². The first-order valence-electron chi connectivity index (χ1n) is 20.5. The van der Waals surface area contributed by atoms with Gasteiger partial charge >= 0.3 is 17.9 Å². The normalized spacial score (nSPS) is 12.3. The van der Waals surface area contributed by atoms with Crippen molar-refractivity contribution in [3.05, 3.63) is 36.5 Å². The highest BCUT2D eigenvalue weighted by Crippen LogP contribution is 2.13. The van der Waals surface area contributed by atoms with Crippen molar-refractivity contribution in [2.45, 2.75) is 207 Å². The lowest BCUT2D eigenvalue weighted by Crippen LogP contribution is -2.30. The number of unbranched alkanes of at least 4 members (excludes halogenated alkanes) is 19. The molecule has 0 aliphatic heterocycles. The van der Waals surface area contributed by atoms with Crippen molar-refractivity contribution in [2.24, 2.45) is 0 Å². The molecule has 0 saturated heterocycles. The highest BCUT2D eigenvalue weighted by Gasteiger charge is 2.19. The topological polar surface area (TPSA) is 78.9 Å². The minimum Gasteiger partial charge on any atom is -0.462 e. The molecule has 1 unspecified atom stereocenters. The minimum atomic E-state index is -0.774. The summed E-state index contributed by atoms with van der Waals surface area (Å²) >= 11 is 0. The zero-order chi connectivity index (χ0) is 35.9. The van der Waals surface area contributed by atoms with E-state index in [2.05, 4.69) is 57.2 Å². The van der Waals surface area contributed by atoms with E-state index in [1.807, 2.05) is 0 Å². The van der Waals surface area contributed by atoms with Gasteiger partial charge in [-0.3, -0.25) is 14.4 Å². The van der Waals surface area contributed by atoms with E-state index in [-0.39, 0.29) is 31.1 Å². The van der Waals surface area contributed by atoms with Crippen molar-refractivity contribution < 1.29 is 28.6 Å². The molecule has 0 aromatic rings. The molecule has 284 valence electrons. The van der Waals surface area contributed by atoms with Gasteiger partial charge in [-0.05, 0) is 51.4 Å². The first kappa shape index (κ1) is 46.6. The lowest BCUT2D eigenvalue weighted by atomic mass is 10.1. The van der Waals surface area contributed by atoms with Crippen molar-refractivity contribution >= 4 is 17.9 Å². The van der Waals surface area contributed by atoms with Crippen LogP contribution in [0.1, 0.15) is 201 Å². The highest BCUT2D eigenvalue weighted by molar-refractivity contribution is 5.71. The number of rotatable bonds is 36. The van der Waals surface area contributed by atoms with E-state index in [1.165, 1.54) is 77.0 Å². The van der Waals surface area contributed by atoms with Crippen LogP contribution in [0.4, 0.5) is 0 Å². The molecule has 6 nitrogen and oxygen atoms in total. The van der Waals surface area contributed by atoms with Crippen molar-refractivity contribution in [1.29, 1.82) is 0 Å². The molecule has 0 saturated carbocycles. The van der Waals surface area contributed by atoms with Crippen LogP contribution in [0.25, 0.3) is 0 Å². The molecule has 6 heteroatoms. The maximum absolute atomic E-state index is 12.6. The summed E-state index contributed by atoms with van der Waals surface area (Å²) in [5, 5.41) is 0. The van der Waals surface area contributed by atoms with E-state index >= 15 is 0 Å². The van der Waals surface area contributed by atoms with Gasteiger partial charge in [0.25, 0.3) is 0 Å². The summed E-state index contributed by atoms with van der Waals surface area (Å²) in [7, 11) is 0. The van der Waals surface area contributed by atoms with Crippen LogP contribution in [0.5, 0.6) is 0 Å². The Morgan fingerprint density at radius 2 is 0.796 bits per heavy atom. The quantitative estimate of drug-likeness (QED) is 0.0282. The third-order valence-electron chi connectivity index (χ3n) is 8.66. The van der Waals surface area contributed by atoms with Gasteiger partial charge in [-0.25, -0.2) is 0 Å². The SMILES string of the molecule is CC/C=C\C/C=C\C/C=C\CCCCCC(=O)OCC(COC(=O)CCCCCCCCCCC)OC(=O)CCCCCCCCCCC. The maximum Gasteiger partial charge on any atom is 0.306 e. The van der Waals surface area contributed by atoms with Crippen LogP contribution >= 0.6 is 0 Å². The molecular weight excluding hydrogens is 612 g/mol. The number of allylic oxidation sites excluding steroid dienone is 6. The molecule has 0 aromatic heterocycles. The second-order valence-corrected chi connectivity index (χ2v) is 13.5. The molecule has 0 aliphatic carbocycles. The maximum atomic E-state index is 12.6. The fourth-order valence-electron chi connectivity index (χ4n) is 5.57. The number of ether oxygens (including phenoxy) is 3. The Kier molecular flexibility index (Phi) is 36.6. The molecule has 49 heavy (non-hydrogen) atoms. The Labute approximate surface area is 302 Å². The minimum absolute atomic E-state index is 0.0794. The lowest BCUT2D eigenvalue weighted by Gasteiger charge is -2.18. The molecule has 0 N–H and O–H groups in total. The summed E-state index contributed by atoms with van der Waals surface area (Å²) in [6, 6.07) is 0. The summed E-state index contributed by atoms with van der Waals surface area (Å²) in [6.45, 7) is 6.44. The molecule has 0 heterocycles. The Balaban J connectivity index is 4.40. The van der Waals surface area contributed by atoms with E-state index in [0.29, 0.717) is 19.3 Å². The lowest BCUT2D eigenvalue weighted by molar-refractivity contribution is -0.167. The van der Waals surface area contributed by atoms with E-state index in [9.17, 15) is 14.4 Å². The van der Waals surface area contributed by atoms with Gasteiger partial charge in [0.05, 0.1) is 0 Å². The summed E-state index contributed by atoms with van der Waals surface area (Å²) in [5.74, 6) is -0.918. The summed E-state index contributed by atoms with van der Waals surface area (Å²) in [5.41, 5.74) is 0. The molecule has 0 aromatic carbocycles. The second-order valence-electron chi connectivity index (χ2n) is 13.5. The fourth-order valence-corrected chi connectivity index (χ4v) is 5.57. The number of hydrogen-bond acceptors (Lipinski definition) is 6. The molecule has 0 amide bonds. The van der Waals surface area contributed by atoms with E-state index in [4.69, 9.17) is 14.2 Å². The average Bonchev–Trinajstić information content (AvgIpc) is 3.10. The smallest absolute Gasteiger partial charge is 0.306 e. The molecular formula is C43H76O6. The second kappa shape index (κ2) is 38.4. The highest BCUT2D eigenvalue weighted by atomic mass is 16.6. The standard InChI is InChI=1S/C43H76O6/c1-4-7-10-13-16-19-20-21-22-25-27-30-33-36-42(45)48-39-40(49-43(46)37-34-31-28-24-18-15-12-9-6-3)38-47-41(44)35-32-29-26-23-17-14-11-8-5-2/h7,10,16,19,21-22,40H,4-6,8-9,11-15,17-18,20,23-39H2,1-3H3/b10-7-,19-16-,22-21-. The summed E-state index contributed by atoms with van der Waals surface area (Å²) < 4.78 is 16.6. The molecule has 0 bridgehead atoms. The zero-order valence-corrected chi connectivity index (χ0v) is 32.2. The van der Waals surface area contributed by atoms with Gasteiger partial charge in [0, 0.05) is 19.3 Å². The van der Waals surface area contributed by atoms with Gasteiger partial charge < -0.3 is 14.2 Å². The van der Waals surface area contributed by atoms with E-state index in [0.717, 1.165) is 83.5 Å². The fraction of sp³-hybridized carbons (Fsp3) is 0.791. The van der Waals surface area contributed by atoms with Crippen LogP contribution in [-0.2, 0) is 28.6 Å². The summed E-state index contributed by atoms with van der Waals surface area (Å²) in [4.78, 5) is 37.4. The van der Waals surface area contributed by atoms with E-state index < -0.39 is 6.10 Å². The third kappa shape index (κ3) is 36.7. The Bertz CT molecular complexity index is 845. The van der Waals surface area contributed by atoms with Crippen LogP contribution in [0.2, 0.25) is 0 Å². The molecule has 0 fully saturated rings. The predicted molar refractivity (Wildman–Crippen MR) is 206 cm³/mol. The monoisotopic (exact) mass is 689 g/mol. The molecule has 0 rings (SSSR count). The van der Waals surface area contributed by atoms with Crippen molar-refractivity contribution in [2.75, 3.05) is 13.2 Å². The number of carbonyl (C=O) groups excluding carboxylic acids is 3. The third-order valence-corrected chi connectivity index (χ3v) is 8.66. The van der Waals surface area contributed by atoms with Crippen LogP contribution in [-0.4, -0.2) is 37.2 Å². The predicted octanol–water partition coefficient (Wildman–Crippen LogP) is 12.6. The van der Waals surface area contributed by atoms with Crippen LogP contribution in [0.3, 0.4) is 0 Å². The van der Waals surface area contributed by atoms with Crippen LogP contribution < -0.4 is 0 Å². The largest absolute Gasteiger partial charge is 0.462 e. The Hall–Kier alpha value is -2.37. The Morgan fingerprint density at radius 1 is 0.429 bits per heavy atom. The number of hydrogen-bond donors (Lipinski definition) is 0. The van der Waals surface area contributed by atoms with Gasteiger partial charge in [-0.2, -0.15) is 0 Å². The molecule has 0 spiro atoms. The van der Waals surface area contributed by atoms with Crippen molar-refractivity contribution in [1.82, 2.24) is 0 Å². The zero-order valence-electron chi connectivity index (χ0n) is 32.2. The first-order valence-corrected chi connectivity index (χ1v) is 20.5. The molecule has 1 atom stereocenters. The van der Waals surface area contributed by atoms with Gasteiger partial charge in [0.15, 0.2) is 6.10 Å². The molecule has 0 aliphatic rings. The number of carbonyl (C=O) groups is 3. The molecule has 0 radical (unpaired) electrons. The van der Waals surface area contributed by atoms with Gasteiger partial charge in [0.2, 0.25) is 0 Å². The van der Waals surface area contributed by atoms with Crippen molar-refractivity contribution in [3.63, 3.8) is 0 Å². The summed E-state index contributed by atoms with van der Waals surface area (Å²) in [6.07, 6.45) is 41.3. The Morgan fingerprint density at radius 3 is 1.24 bits per heavy atom. The van der Waals surface area contributed by atoms with E-state index in [1.54, 1.807) is 0 Å². The van der Waals surface area contributed by atoms with Gasteiger partial charge in [0.1, 0.15) is 13.2 Å². The average molecular weight is 689 g/mol. The number of esters is 3.